The number of carboxylic acid groups (broad SMARTS) is 1. The average molecular weight is 282 g/mol. The van der Waals surface area contributed by atoms with Gasteiger partial charge in [0, 0.05) is 18.0 Å². The third-order valence-electron chi connectivity index (χ3n) is 3.52. The highest BCUT2D eigenvalue weighted by molar-refractivity contribution is 7.10. The van der Waals surface area contributed by atoms with Gasteiger partial charge in [-0.3, -0.25) is 4.79 Å². The molecule has 0 bridgehead atoms. The monoisotopic (exact) mass is 282 g/mol. The fourth-order valence-corrected chi connectivity index (χ4v) is 3.18. The van der Waals surface area contributed by atoms with Gasteiger partial charge in [0.25, 0.3) is 0 Å². The molecule has 1 aliphatic heterocycles. The molecule has 2 N–H and O–H groups in total. The Morgan fingerprint density at radius 1 is 1.63 bits per heavy atom. The molecule has 0 saturated carbocycles. The summed E-state index contributed by atoms with van der Waals surface area (Å²) in [5, 5.41) is 13.5. The Bertz CT molecular complexity index is 486. The second-order valence-corrected chi connectivity index (χ2v) is 5.84. The minimum absolute atomic E-state index is 0.0511. The molecule has 0 fully saturated rings. The third-order valence-corrected chi connectivity index (χ3v) is 4.52. The number of nitrogens with zero attached hydrogens (tertiary/aromatic N) is 1. The first-order chi connectivity index (χ1) is 9.00. The van der Waals surface area contributed by atoms with Crippen molar-refractivity contribution in [2.45, 2.75) is 26.3 Å². The SMILES string of the molecule is CC(CNC(=O)N1CCc2sccc2C1C)C(=O)O. The van der Waals surface area contributed by atoms with Crippen LogP contribution in [0.2, 0.25) is 0 Å². The van der Waals surface area contributed by atoms with E-state index >= 15 is 0 Å². The average Bonchev–Trinajstić information content (AvgIpc) is 2.85. The normalized spacial score (nSPS) is 19.7. The Morgan fingerprint density at radius 2 is 2.37 bits per heavy atom. The maximum Gasteiger partial charge on any atom is 0.317 e. The first-order valence-electron chi connectivity index (χ1n) is 6.34. The van der Waals surface area contributed by atoms with Gasteiger partial charge in [0.05, 0.1) is 12.0 Å². The van der Waals surface area contributed by atoms with Crippen molar-refractivity contribution in [1.82, 2.24) is 10.2 Å². The van der Waals surface area contributed by atoms with E-state index < -0.39 is 11.9 Å². The fourth-order valence-electron chi connectivity index (χ4n) is 2.22. The van der Waals surface area contributed by atoms with E-state index in [9.17, 15) is 9.59 Å². The summed E-state index contributed by atoms with van der Waals surface area (Å²) in [6.45, 7) is 4.43. The van der Waals surface area contributed by atoms with E-state index in [-0.39, 0.29) is 18.6 Å². The van der Waals surface area contributed by atoms with E-state index in [4.69, 9.17) is 5.11 Å². The zero-order chi connectivity index (χ0) is 14.0. The molecular formula is C13H18N2O3S. The van der Waals surface area contributed by atoms with E-state index in [2.05, 4.69) is 16.8 Å². The summed E-state index contributed by atoms with van der Waals surface area (Å²) in [4.78, 5) is 25.9. The summed E-state index contributed by atoms with van der Waals surface area (Å²) in [5.41, 5.74) is 1.21. The Kier molecular flexibility index (Phi) is 4.09. The summed E-state index contributed by atoms with van der Waals surface area (Å²) in [7, 11) is 0. The number of aliphatic carboxylic acids is 1. The minimum Gasteiger partial charge on any atom is -0.481 e. The van der Waals surface area contributed by atoms with Gasteiger partial charge in [0.15, 0.2) is 0 Å². The Morgan fingerprint density at radius 3 is 3.05 bits per heavy atom. The molecular weight excluding hydrogens is 264 g/mol. The number of urea groups is 1. The molecule has 19 heavy (non-hydrogen) atoms. The van der Waals surface area contributed by atoms with Crippen molar-refractivity contribution in [2.24, 2.45) is 5.92 Å². The van der Waals surface area contributed by atoms with Crippen molar-refractivity contribution >= 4 is 23.3 Å². The molecule has 6 heteroatoms. The third kappa shape index (κ3) is 2.89. The van der Waals surface area contributed by atoms with Crippen LogP contribution in [0.4, 0.5) is 4.79 Å². The maximum absolute atomic E-state index is 12.1. The number of hydrogen-bond acceptors (Lipinski definition) is 3. The summed E-state index contributed by atoms with van der Waals surface area (Å²) in [6.07, 6.45) is 0.874. The summed E-state index contributed by atoms with van der Waals surface area (Å²) >= 11 is 1.73. The Labute approximate surface area is 116 Å². The molecule has 0 radical (unpaired) electrons. The number of carbonyl (C=O) groups excluding carboxylic acids is 1. The predicted octanol–water partition coefficient (Wildman–Crippen LogP) is 2.10. The molecule has 5 nitrogen and oxygen atoms in total. The number of hydrogen-bond donors (Lipinski definition) is 2. The quantitative estimate of drug-likeness (QED) is 0.892. The lowest BCUT2D eigenvalue weighted by atomic mass is 10.0. The molecule has 2 rings (SSSR count). The Hall–Kier alpha value is -1.56. The first-order valence-corrected chi connectivity index (χ1v) is 7.22. The highest BCUT2D eigenvalue weighted by Crippen LogP contribution is 2.32. The lowest BCUT2D eigenvalue weighted by molar-refractivity contribution is -0.140. The van der Waals surface area contributed by atoms with Crippen LogP contribution in [-0.4, -0.2) is 35.1 Å². The van der Waals surface area contributed by atoms with Gasteiger partial charge in [-0.25, -0.2) is 4.79 Å². The summed E-state index contributed by atoms with van der Waals surface area (Å²) < 4.78 is 0. The van der Waals surface area contributed by atoms with E-state index in [1.54, 1.807) is 23.2 Å². The maximum atomic E-state index is 12.1. The second kappa shape index (κ2) is 5.61. The van der Waals surface area contributed by atoms with Gasteiger partial charge in [-0.2, -0.15) is 0 Å². The van der Waals surface area contributed by atoms with E-state index in [1.165, 1.54) is 10.4 Å². The molecule has 0 saturated heterocycles. The van der Waals surface area contributed by atoms with Crippen LogP contribution >= 0.6 is 11.3 Å². The van der Waals surface area contributed by atoms with Gasteiger partial charge in [0.2, 0.25) is 0 Å². The highest BCUT2D eigenvalue weighted by Gasteiger charge is 2.28. The molecule has 2 heterocycles. The molecule has 2 unspecified atom stereocenters. The van der Waals surface area contributed by atoms with Gasteiger partial charge < -0.3 is 15.3 Å². The van der Waals surface area contributed by atoms with Crippen LogP contribution in [0, 0.1) is 5.92 Å². The minimum atomic E-state index is -0.896. The van der Waals surface area contributed by atoms with Crippen LogP contribution in [0.3, 0.4) is 0 Å². The highest BCUT2D eigenvalue weighted by atomic mass is 32.1. The van der Waals surface area contributed by atoms with Crippen molar-refractivity contribution in [3.63, 3.8) is 0 Å². The van der Waals surface area contributed by atoms with Crippen LogP contribution in [0.25, 0.3) is 0 Å². The topological polar surface area (TPSA) is 69.6 Å². The van der Waals surface area contributed by atoms with E-state index in [0.717, 1.165) is 6.42 Å². The van der Waals surface area contributed by atoms with Crippen LogP contribution < -0.4 is 5.32 Å². The van der Waals surface area contributed by atoms with Crippen molar-refractivity contribution in [2.75, 3.05) is 13.1 Å². The van der Waals surface area contributed by atoms with Crippen LogP contribution in [0.5, 0.6) is 0 Å². The molecule has 1 aromatic heterocycles. The van der Waals surface area contributed by atoms with Crippen LogP contribution in [0.1, 0.15) is 30.3 Å². The number of thiophene rings is 1. The van der Waals surface area contributed by atoms with E-state index in [0.29, 0.717) is 6.54 Å². The van der Waals surface area contributed by atoms with Crippen molar-refractivity contribution in [3.8, 4) is 0 Å². The zero-order valence-corrected chi connectivity index (χ0v) is 11.9. The first kappa shape index (κ1) is 13.9. The summed E-state index contributed by atoms with van der Waals surface area (Å²) in [6, 6.07) is 1.93. The number of nitrogens with one attached hydrogen (secondary N) is 1. The summed E-state index contributed by atoms with van der Waals surface area (Å²) in [5.74, 6) is -1.46. The molecule has 2 atom stereocenters. The van der Waals surface area contributed by atoms with Gasteiger partial charge in [0.1, 0.15) is 0 Å². The van der Waals surface area contributed by atoms with Crippen LogP contribution in [0.15, 0.2) is 11.4 Å². The standard InChI is InChI=1S/C13H18N2O3S/c1-8(12(16)17)7-14-13(18)15-5-3-11-10(9(15)2)4-6-19-11/h4,6,8-9H,3,5,7H2,1-2H3,(H,14,18)(H,16,17). The van der Waals surface area contributed by atoms with Crippen LogP contribution in [-0.2, 0) is 11.2 Å². The Balaban J connectivity index is 1.96. The molecule has 0 spiro atoms. The number of carboxylic acids is 1. The molecule has 0 aliphatic carbocycles. The van der Waals surface area contributed by atoms with E-state index in [1.807, 2.05) is 6.92 Å². The van der Waals surface area contributed by atoms with Gasteiger partial charge in [-0.05, 0) is 30.4 Å². The molecule has 104 valence electrons. The fraction of sp³-hybridized carbons (Fsp3) is 0.538. The predicted molar refractivity (Wildman–Crippen MR) is 73.3 cm³/mol. The number of amides is 2. The lowest BCUT2D eigenvalue weighted by Gasteiger charge is -2.33. The second-order valence-electron chi connectivity index (χ2n) is 4.84. The molecule has 1 aromatic rings. The molecule has 1 aliphatic rings. The molecule has 2 amide bonds. The van der Waals surface area contributed by atoms with Gasteiger partial charge in [-0.1, -0.05) is 6.92 Å². The largest absolute Gasteiger partial charge is 0.481 e. The lowest BCUT2D eigenvalue weighted by Crippen LogP contribution is -2.46. The zero-order valence-electron chi connectivity index (χ0n) is 11.0. The number of rotatable bonds is 3. The van der Waals surface area contributed by atoms with Crippen molar-refractivity contribution in [3.05, 3.63) is 21.9 Å². The smallest absolute Gasteiger partial charge is 0.317 e. The van der Waals surface area contributed by atoms with Crippen molar-refractivity contribution < 1.29 is 14.7 Å². The number of carbonyl (C=O) groups is 2. The molecule has 0 aromatic carbocycles. The number of fused-ring (bicyclic) bond motifs is 1. The van der Waals surface area contributed by atoms with Gasteiger partial charge in [-0.15, -0.1) is 11.3 Å². The van der Waals surface area contributed by atoms with Crippen molar-refractivity contribution in [1.29, 1.82) is 0 Å². The van der Waals surface area contributed by atoms with Gasteiger partial charge >= 0.3 is 12.0 Å².